The van der Waals surface area contributed by atoms with Crippen LogP contribution in [0.2, 0.25) is 0 Å². The molecule has 1 N–H and O–H groups in total. The Morgan fingerprint density at radius 2 is 2.00 bits per heavy atom. The molecule has 8 heteroatoms. The van der Waals surface area contributed by atoms with Gasteiger partial charge in [-0.3, -0.25) is 4.84 Å². The Hall–Kier alpha value is -0.600. The van der Waals surface area contributed by atoms with Crippen LogP contribution >= 0.6 is 0 Å². The third-order valence-electron chi connectivity index (χ3n) is 0.759. The number of nitrogens with one attached hydrogen (secondary N) is 1. The number of sulfonamides is 1. The van der Waals surface area contributed by atoms with E-state index < -0.39 is 28.6 Å². The van der Waals surface area contributed by atoms with Crippen LogP contribution in [0.5, 0.6) is 0 Å². The lowest BCUT2D eigenvalue weighted by Gasteiger charge is -2.07. The summed E-state index contributed by atoms with van der Waals surface area (Å²) >= 11 is 0. The highest BCUT2D eigenvalue weighted by Crippen LogP contribution is 2.13. The molecule has 0 heterocycles. The summed E-state index contributed by atoms with van der Waals surface area (Å²) < 4.78 is 55.6. The van der Waals surface area contributed by atoms with Crippen LogP contribution in [0.3, 0.4) is 0 Å². The molecule has 0 rings (SSSR count). The van der Waals surface area contributed by atoms with E-state index in [4.69, 9.17) is 0 Å². The monoisotopic (exact) mass is 219 g/mol. The van der Waals surface area contributed by atoms with Gasteiger partial charge in [-0.2, -0.15) is 13.2 Å². The van der Waals surface area contributed by atoms with Crippen molar-refractivity contribution in [2.75, 3.05) is 12.4 Å². The fourth-order valence-electron chi connectivity index (χ4n) is 0.390. The van der Waals surface area contributed by atoms with Crippen molar-refractivity contribution >= 4 is 10.0 Å². The SMILES string of the molecule is C=CCS(=O)(=O)NOCC(F)(F)F. The van der Waals surface area contributed by atoms with Crippen LogP contribution in [0.1, 0.15) is 0 Å². The van der Waals surface area contributed by atoms with E-state index in [9.17, 15) is 21.6 Å². The molecule has 0 fully saturated rings. The van der Waals surface area contributed by atoms with Gasteiger partial charge in [0, 0.05) is 0 Å². The number of rotatable bonds is 5. The van der Waals surface area contributed by atoms with Gasteiger partial charge in [0.15, 0.2) is 6.61 Å². The van der Waals surface area contributed by atoms with E-state index in [1.54, 1.807) is 0 Å². The molecule has 0 atom stereocenters. The predicted molar refractivity (Wildman–Crippen MR) is 39.1 cm³/mol. The summed E-state index contributed by atoms with van der Waals surface area (Å²) in [6, 6.07) is 0. The van der Waals surface area contributed by atoms with Gasteiger partial charge in [-0.25, -0.2) is 8.42 Å². The molecule has 0 radical (unpaired) electrons. The number of hydrogen-bond acceptors (Lipinski definition) is 3. The van der Waals surface area contributed by atoms with Crippen molar-refractivity contribution in [1.82, 2.24) is 4.89 Å². The maximum atomic E-state index is 11.4. The van der Waals surface area contributed by atoms with E-state index in [0.29, 0.717) is 0 Å². The molecule has 0 saturated carbocycles. The second-order valence-electron chi connectivity index (χ2n) is 2.06. The second kappa shape index (κ2) is 4.58. The first kappa shape index (κ1) is 12.4. The summed E-state index contributed by atoms with van der Waals surface area (Å²) in [4.78, 5) is 5.00. The summed E-state index contributed by atoms with van der Waals surface area (Å²) in [5.74, 6) is -0.495. The van der Waals surface area contributed by atoms with Crippen molar-refractivity contribution in [3.63, 3.8) is 0 Å². The molecule has 0 aliphatic rings. The Morgan fingerprint density at radius 3 is 2.38 bits per heavy atom. The highest BCUT2D eigenvalue weighted by molar-refractivity contribution is 7.89. The van der Waals surface area contributed by atoms with Crippen LogP contribution in [-0.2, 0) is 14.9 Å². The zero-order valence-corrected chi connectivity index (χ0v) is 7.28. The van der Waals surface area contributed by atoms with E-state index in [1.807, 2.05) is 0 Å². The van der Waals surface area contributed by atoms with Gasteiger partial charge in [0.1, 0.15) is 0 Å². The zero-order chi connectivity index (χ0) is 10.5. The Labute approximate surface area is 73.4 Å². The number of alkyl halides is 3. The van der Waals surface area contributed by atoms with Gasteiger partial charge in [-0.05, 0) is 0 Å². The molecule has 78 valence electrons. The molecule has 0 aromatic heterocycles. The maximum Gasteiger partial charge on any atom is 0.413 e. The number of halogens is 3. The van der Waals surface area contributed by atoms with E-state index >= 15 is 0 Å². The minimum atomic E-state index is -4.56. The lowest BCUT2D eigenvalue weighted by molar-refractivity contribution is -0.181. The van der Waals surface area contributed by atoms with E-state index in [2.05, 4.69) is 11.4 Å². The van der Waals surface area contributed by atoms with Gasteiger partial charge >= 0.3 is 6.18 Å². The first-order valence-electron chi connectivity index (χ1n) is 3.06. The van der Waals surface area contributed by atoms with Gasteiger partial charge in [-0.15, -0.1) is 6.58 Å². The Balaban J connectivity index is 3.84. The standard InChI is InChI=1S/C5H8F3NO3S/c1-2-3-13(10,11)9-12-4-5(6,7)8/h2,9H,1,3-4H2. The summed E-state index contributed by atoms with van der Waals surface area (Å²) in [7, 11) is -3.84. The molecule has 0 spiro atoms. The Bertz CT molecular complexity index is 259. The van der Waals surface area contributed by atoms with Crippen LogP contribution in [0.15, 0.2) is 12.7 Å². The second-order valence-corrected chi connectivity index (χ2v) is 3.79. The molecule has 4 nitrogen and oxygen atoms in total. The summed E-state index contributed by atoms with van der Waals surface area (Å²) in [5, 5.41) is 0. The highest BCUT2D eigenvalue weighted by Gasteiger charge is 2.28. The van der Waals surface area contributed by atoms with Crippen molar-refractivity contribution < 1.29 is 26.4 Å². The van der Waals surface area contributed by atoms with Gasteiger partial charge in [0.05, 0.1) is 5.75 Å². The van der Waals surface area contributed by atoms with Crippen molar-refractivity contribution in [2.24, 2.45) is 0 Å². The zero-order valence-electron chi connectivity index (χ0n) is 6.47. The molecule has 0 aromatic rings. The first-order chi connectivity index (χ1) is 5.77. The number of hydrogen-bond donors (Lipinski definition) is 1. The van der Waals surface area contributed by atoms with Crippen LogP contribution in [0.25, 0.3) is 0 Å². The van der Waals surface area contributed by atoms with Gasteiger partial charge in [0.2, 0.25) is 10.0 Å². The fourth-order valence-corrected chi connectivity index (χ4v) is 1.01. The van der Waals surface area contributed by atoms with Crippen molar-refractivity contribution in [3.05, 3.63) is 12.7 Å². The normalized spacial score (nSPS) is 12.8. The average molecular weight is 219 g/mol. The minimum absolute atomic E-state index is 0.495. The largest absolute Gasteiger partial charge is 0.413 e. The molecule has 13 heavy (non-hydrogen) atoms. The molecule has 0 aromatic carbocycles. The van der Waals surface area contributed by atoms with Gasteiger partial charge in [-0.1, -0.05) is 11.0 Å². The quantitative estimate of drug-likeness (QED) is 0.543. The Morgan fingerprint density at radius 1 is 1.46 bits per heavy atom. The lowest BCUT2D eigenvalue weighted by Crippen LogP contribution is -2.30. The van der Waals surface area contributed by atoms with Crippen molar-refractivity contribution in [1.29, 1.82) is 0 Å². The predicted octanol–water partition coefficient (Wildman–Crippen LogP) is 0.586. The van der Waals surface area contributed by atoms with Crippen LogP contribution in [-0.4, -0.2) is 27.0 Å². The highest BCUT2D eigenvalue weighted by atomic mass is 32.2. The molecule has 0 aliphatic heterocycles. The fraction of sp³-hybridized carbons (Fsp3) is 0.600. The molecule has 0 amide bonds. The first-order valence-corrected chi connectivity index (χ1v) is 4.71. The molecule has 0 aliphatic carbocycles. The van der Waals surface area contributed by atoms with E-state index in [1.165, 1.54) is 4.89 Å². The van der Waals surface area contributed by atoms with Gasteiger partial charge in [0.25, 0.3) is 0 Å². The smallest absolute Gasteiger partial charge is 0.278 e. The molecule has 0 bridgehead atoms. The molecular formula is C5H8F3NO3S. The minimum Gasteiger partial charge on any atom is -0.278 e. The summed E-state index contributed by atoms with van der Waals surface area (Å²) in [6.45, 7) is 1.44. The van der Waals surface area contributed by atoms with Crippen LogP contribution < -0.4 is 4.89 Å². The van der Waals surface area contributed by atoms with E-state index in [0.717, 1.165) is 6.08 Å². The maximum absolute atomic E-state index is 11.4. The van der Waals surface area contributed by atoms with Crippen LogP contribution in [0, 0.1) is 0 Å². The molecule has 0 saturated heterocycles. The summed E-state index contributed by atoms with van der Waals surface area (Å²) in [6.07, 6.45) is -3.53. The average Bonchev–Trinajstić information content (AvgIpc) is 1.82. The third kappa shape index (κ3) is 7.75. The van der Waals surface area contributed by atoms with Crippen molar-refractivity contribution in [3.8, 4) is 0 Å². The topological polar surface area (TPSA) is 55.4 Å². The summed E-state index contributed by atoms with van der Waals surface area (Å²) in [5.41, 5.74) is 0. The Kier molecular flexibility index (Phi) is 4.37. The molecule has 0 unspecified atom stereocenters. The van der Waals surface area contributed by atoms with Crippen LogP contribution in [0.4, 0.5) is 13.2 Å². The lowest BCUT2D eigenvalue weighted by atomic mass is 10.7. The van der Waals surface area contributed by atoms with Gasteiger partial charge < -0.3 is 0 Å². The third-order valence-corrected chi connectivity index (χ3v) is 1.81. The molecular weight excluding hydrogens is 211 g/mol. The van der Waals surface area contributed by atoms with Crippen molar-refractivity contribution in [2.45, 2.75) is 6.18 Å². The van der Waals surface area contributed by atoms with E-state index in [-0.39, 0.29) is 0 Å².